The van der Waals surface area contributed by atoms with Crippen molar-refractivity contribution in [1.82, 2.24) is 5.32 Å². The SMILES string of the molecule is Cc1ccccc1CCNC(=O)COC(=O)CCSc1ccc(Cl)cc1. The summed E-state index contributed by atoms with van der Waals surface area (Å²) in [6, 6.07) is 15.5. The fourth-order valence-electron chi connectivity index (χ4n) is 2.28. The summed E-state index contributed by atoms with van der Waals surface area (Å²) < 4.78 is 5.00. The van der Waals surface area contributed by atoms with E-state index in [4.69, 9.17) is 16.3 Å². The third-order valence-corrected chi connectivity index (χ3v) is 5.00. The molecule has 0 saturated carbocycles. The van der Waals surface area contributed by atoms with E-state index in [1.165, 1.54) is 11.1 Å². The molecule has 0 heterocycles. The Morgan fingerprint density at radius 3 is 2.58 bits per heavy atom. The summed E-state index contributed by atoms with van der Waals surface area (Å²) in [6.07, 6.45) is 1.01. The number of aryl methyl sites for hydroxylation is 1. The summed E-state index contributed by atoms with van der Waals surface area (Å²) in [5, 5.41) is 3.45. The second kappa shape index (κ2) is 10.9. The minimum Gasteiger partial charge on any atom is -0.456 e. The smallest absolute Gasteiger partial charge is 0.307 e. The number of ether oxygens (including phenoxy) is 1. The number of carbonyl (C=O) groups excluding carboxylic acids is 2. The quantitative estimate of drug-likeness (QED) is 0.518. The van der Waals surface area contributed by atoms with Crippen molar-refractivity contribution in [1.29, 1.82) is 0 Å². The highest BCUT2D eigenvalue weighted by atomic mass is 35.5. The zero-order valence-corrected chi connectivity index (χ0v) is 16.2. The maximum atomic E-state index is 11.7. The Morgan fingerprint density at radius 2 is 1.85 bits per heavy atom. The minimum atomic E-state index is -0.375. The molecule has 2 aromatic carbocycles. The molecule has 0 unspecified atom stereocenters. The number of esters is 1. The fourth-order valence-corrected chi connectivity index (χ4v) is 3.24. The Bertz CT molecular complexity index is 734. The Hall–Kier alpha value is -1.98. The average molecular weight is 392 g/mol. The third kappa shape index (κ3) is 7.50. The second-order valence-corrected chi connectivity index (χ2v) is 7.34. The van der Waals surface area contributed by atoms with Crippen LogP contribution in [0, 0.1) is 6.92 Å². The molecule has 0 atom stereocenters. The van der Waals surface area contributed by atoms with Gasteiger partial charge in [0, 0.05) is 22.2 Å². The van der Waals surface area contributed by atoms with E-state index in [-0.39, 0.29) is 24.9 Å². The maximum absolute atomic E-state index is 11.7. The van der Waals surface area contributed by atoms with Gasteiger partial charge in [0.1, 0.15) is 0 Å². The molecule has 138 valence electrons. The van der Waals surface area contributed by atoms with Crippen molar-refractivity contribution in [3.63, 3.8) is 0 Å². The molecule has 0 bridgehead atoms. The van der Waals surface area contributed by atoms with Crippen LogP contribution in [0.2, 0.25) is 5.02 Å². The molecule has 6 heteroatoms. The largest absolute Gasteiger partial charge is 0.456 e. The fraction of sp³-hybridized carbons (Fsp3) is 0.300. The molecule has 4 nitrogen and oxygen atoms in total. The molecule has 2 rings (SSSR count). The van der Waals surface area contributed by atoms with E-state index in [1.54, 1.807) is 11.8 Å². The van der Waals surface area contributed by atoms with Crippen LogP contribution in [-0.2, 0) is 20.7 Å². The van der Waals surface area contributed by atoms with Crippen LogP contribution in [0.3, 0.4) is 0 Å². The first-order valence-electron chi connectivity index (χ1n) is 8.40. The van der Waals surface area contributed by atoms with Crippen molar-refractivity contribution in [2.24, 2.45) is 0 Å². The van der Waals surface area contributed by atoms with Crippen molar-refractivity contribution in [2.45, 2.75) is 24.7 Å². The van der Waals surface area contributed by atoms with Crippen LogP contribution in [-0.4, -0.2) is 30.8 Å². The lowest BCUT2D eigenvalue weighted by atomic mass is 10.1. The van der Waals surface area contributed by atoms with E-state index in [2.05, 4.69) is 5.32 Å². The molecule has 0 aliphatic carbocycles. The van der Waals surface area contributed by atoms with Gasteiger partial charge < -0.3 is 10.1 Å². The van der Waals surface area contributed by atoms with Crippen molar-refractivity contribution < 1.29 is 14.3 Å². The van der Waals surface area contributed by atoms with Gasteiger partial charge in [-0.2, -0.15) is 0 Å². The van der Waals surface area contributed by atoms with Crippen LogP contribution in [0.4, 0.5) is 0 Å². The lowest BCUT2D eigenvalue weighted by molar-refractivity contribution is -0.148. The highest BCUT2D eigenvalue weighted by Gasteiger charge is 2.08. The van der Waals surface area contributed by atoms with Gasteiger partial charge in [-0.3, -0.25) is 9.59 Å². The maximum Gasteiger partial charge on any atom is 0.307 e. The van der Waals surface area contributed by atoms with E-state index in [0.29, 0.717) is 17.3 Å². The molecule has 0 aliphatic rings. The first-order valence-corrected chi connectivity index (χ1v) is 9.76. The topological polar surface area (TPSA) is 55.4 Å². The lowest BCUT2D eigenvalue weighted by Crippen LogP contribution is -2.30. The van der Waals surface area contributed by atoms with Gasteiger partial charge in [0.2, 0.25) is 0 Å². The number of thioether (sulfide) groups is 1. The molecule has 0 radical (unpaired) electrons. The minimum absolute atomic E-state index is 0.238. The van der Waals surface area contributed by atoms with E-state index in [0.717, 1.165) is 11.3 Å². The third-order valence-electron chi connectivity index (χ3n) is 3.73. The predicted molar refractivity (Wildman–Crippen MR) is 106 cm³/mol. The van der Waals surface area contributed by atoms with Crippen molar-refractivity contribution in [3.8, 4) is 0 Å². The standard InChI is InChI=1S/C20H22ClNO3S/c1-15-4-2-3-5-16(15)10-12-22-19(23)14-25-20(24)11-13-26-18-8-6-17(21)7-9-18/h2-9H,10-14H2,1H3,(H,22,23). The molecule has 0 fully saturated rings. The highest BCUT2D eigenvalue weighted by molar-refractivity contribution is 7.99. The van der Waals surface area contributed by atoms with Crippen LogP contribution >= 0.6 is 23.4 Å². The number of hydrogen-bond donors (Lipinski definition) is 1. The normalized spacial score (nSPS) is 10.4. The highest BCUT2D eigenvalue weighted by Crippen LogP contribution is 2.20. The molecule has 0 saturated heterocycles. The average Bonchev–Trinajstić information content (AvgIpc) is 2.63. The summed E-state index contributed by atoms with van der Waals surface area (Å²) in [7, 11) is 0. The summed E-state index contributed by atoms with van der Waals surface area (Å²) >= 11 is 7.37. The number of halogens is 1. The first kappa shape index (κ1) is 20.3. The Morgan fingerprint density at radius 1 is 1.12 bits per heavy atom. The molecule has 1 N–H and O–H groups in total. The Balaban J connectivity index is 1.57. The van der Waals surface area contributed by atoms with E-state index < -0.39 is 0 Å². The van der Waals surface area contributed by atoms with Crippen molar-refractivity contribution >= 4 is 35.2 Å². The van der Waals surface area contributed by atoms with Crippen LogP contribution in [0.5, 0.6) is 0 Å². The zero-order chi connectivity index (χ0) is 18.8. The number of benzene rings is 2. The van der Waals surface area contributed by atoms with Gasteiger partial charge in [-0.25, -0.2) is 0 Å². The number of amides is 1. The molecule has 1 amide bonds. The summed E-state index contributed by atoms with van der Waals surface area (Å²) in [4.78, 5) is 24.5. The van der Waals surface area contributed by atoms with Crippen molar-refractivity contribution in [3.05, 3.63) is 64.7 Å². The predicted octanol–water partition coefficient (Wildman–Crippen LogP) is 4.03. The van der Waals surface area contributed by atoms with Gasteiger partial charge in [-0.1, -0.05) is 35.9 Å². The number of rotatable bonds is 9. The van der Waals surface area contributed by atoms with Crippen LogP contribution in [0.1, 0.15) is 17.5 Å². The van der Waals surface area contributed by atoms with E-state index >= 15 is 0 Å². The Labute approximate surface area is 163 Å². The summed E-state index contributed by atoms with van der Waals surface area (Å²) in [5.41, 5.74) is 2.40. The van der Waals surface area contributed by atoms with Gasteiger partial charge in [0.15, 0.2) is 6.61 Å². The second-order valence-electron chi connectivity index (χ2n) is 5.74. The van der Waals surface area contributed by atoms with Crippen LogP contribution < -0.4 is 5.32 Å². The Kier molecular flexibility index (Phi) is 8.51. The van der Waals surface area contributed by atoms with Crippen LogP contribution in [0.25, 0.3) is 0 Å². The number of carbonyl (C=O) groups is 2. The summed E-state index contributed by atoms with van der Waals surface area (Å²) in [5.74, 6) is -0.0622. The first-order chi connectivity index (χ1) is 12.5. The molecular weight excluding hydrogens is 370 g/mol. The van der Waals surface area contributed by atoms with Gasteiger partial charge in [0.05, 0.1) is 6.42 Å². The van der Waals surface area contributed by atoms with Crippen LogP contribution in [0.15, 0.2) is 53.4 Å². The molecule has 0 spiro atoms. The van der Waals surface area contributed by atoms with E-state index in [9.17, 15) is 9.59 Å². The zero-order valence-electron chi connectivity index (χ0n) is 14.7. The molecule has 0 aromatic heterocycles. The number of hydrogen-bond acceptors (Lipinski definition) is 4. The van der Waals surface area contributed by atoms with Gasteiger partial charge in [-0.05, 0) is 48.7 Å². The molecule has 2 aromatic rings. The van der Waals surface area contributed by atoms with E-state index in [1.807, 2.05) is 55.5 Å². The van der Waals surface area contributed by atoms with Crippen molar-refractivity contribution in [2.75, 3.05) is 18.9 Å². The summed E-state index contributed by atoms with van der Waals surface area (Å²) in [6.45, 7) is 2.33. The number of nitrogens with one attached hydrogen (secondary N) is 1. The van der Waals surface area contributed by atoms with Gasteiger partial charge >= 0.3 is 5.97 Å². The monoisotopic (exact) mass is 391 g/mol. The molecule has 26 heavy (non-hydrogen) atoms. The molecular formula is C20H22ClNO3S. The van der Waals surface area contributed by atoms with Gasteiger partial charge in [0.25, 0.3) is 5.91 Å². The molecule has 0 aliphatic heterocycles. The van der Waals surface area contributed by atoms with Gasteiger partial charge in [-0.15, -0.1) is 11.8 Å². The lowest BCUT2D eigenvalue weighted by Gasteiger charge is -2.08.